The first-order valence-electron chi connectivity index (χ1n) is 5.02. The van der Waals surface area contributed by atoms with Crippen LogP contribution in [0.5, 0.6) is 0 Å². The van der Waals surface area contributed by atoms with Gasteiger partial charge in [-0.05, 0) is 19.3 Å². The lowest BCUT2D eigenvalue weighted by molar-refractivity contribution is -0.145. The van der Waals surface area contributed by atoms with E-state index in [9.17, 15) is 9.59 Å². The van der Waals surface area contributed by atoms with Gasteiger partial charge in [0.2, 0.25) is 0 Å². The number of carbonyl (C=O) groups is 2. The van der Waals surface area contributed by atoms with E-state index in [1.54, 1.807) is 4.57 Å². The van der Waals surface area contributed by atoms with Gasteiger partial charge in [-0.1, -0.05) is 0 Å². The molecule has 0 saturated heterocycles. The minimum absolute atomic E-state index is 0.0357. The Morgan fingerprint density at radius 3 is 3.00 bits per heavy atom. The molecule has 1 aliphatic rings. The van der Waals surface area contributed by atoms with Crippen LogP contribution in [0.25, 0.3) is 0 Å². The van der Waals surface area contributed by atoms with Crippen molar-refractivity contribution in [2.45, 2.75) is 25.3 Å². The van der Waals surface area contributed by atoms with Crippen molar-refractivity contribution in [2.75, 3.05) is 7.11 Å². The molecule has 86 valence electrons. The number of aromatic carboxylic acids is 1. The lowest BCUT2D eigenvalue weighted by Gasteiger charge is -2.23. The number of aromatic nitrogens is 2. The van der Waals surface area contributed by atoms with Gasteiger partial charge in [-0.3, -0.25) is 0 Å². The van der Waals surface area contributed by atoms with Crippen molar-refractivity contribution in [2.24, 2.45) is 0 Å². The van der Waals surface area contributed by atoms with Crippen LogP contribution < -0.4 is 0 Å². The largest absolute Gasteiger partial charge is 0.476 e. The molecular weight excluding hydrogens is 212 g/mol. The first-order valence-corrected chi connectivity index (χ1v) is 5.02. The van der Waals surface area contributed by atoms with E-state index in [1.165, 1.54) is 13.4 Å². The summed E-state index contributed by atoms with van der Waals surface area (Å²) in [5.41, 5.74) is 0.641. The van der Waals surface area contributed by atoms with E-state index in [2.05, 4.69) is 9.72 Å². The number of esters is 1. The molecular formula is C10H12N2O4. The molecule has 0 amide bonds. The van der Waals surface area contributed by atoms with Gasteiger partial charge in [-0.15, -0.1) is 0 Å². The Bertz CT molecular complexity index is 438. The number of fused-ring (bicyclic) bond motifs is 1. The molecule has 0 radical (unpaired) electrons. The van der Waals surface area contributed by atoms with Crippen LogP contribution in [0.15, 0.2) is 6.33 Å². The summed E-state index contributed by atoms with van der Waals surface area (Å²) >= 11 is 0. The lowest BCUT2D eigenvalue weighted by atomic mass is 10.0. The number of carboxylic acids is 1. The molecule has 2 rings (SSSR count). The molecule has 1 aromatic heterocycles. The zero-order chi connectivity index (χ0) is 11.7. The molecule has 1 N–H and O–H groups in total. The first-order chi connectivity index (χ1) is 7.65. The number of hydrogen-bond acceptors (Lipinski definition) is 4. The smallest absolute Gasteiger partial charge is 0.356 e. The summed E-state index contributed by atoms with van der Waals surface area (Å²) in [5, 5.41) is 8.92. The van der Waals surface area contributed by atoms with Crippen LogP contribution in [0.3, 0.4) is 0 Å². The van der Waals surface area contributed by atoms with Crippen molar-refractivity contribution in [3.63, 3.8) is 0 Å². The van der Waals surface area contributed by atoms with Crippen LogP contribution in [0.1, 0.15) is 35.1 Å². The van der Waals surface area contributed by atoms with Crippen molar-refractivity contribution in [3.05, 3.63) is 17.7 Å². The Labute approximate surface area is 91.8 Å². The van der Waals surface area contributed by atoms with Gasteiger partial charge in [0.25, 0.3) is 0 Å². The van der Waals surface area contributed by atoms with E-state index < -0.39 is 12.0 Å². The van der Waals surface area contributed by atoms with Gasteiger partial charge >= 0.3 is 11.9 Å². The van der Waals surface area contributed by atoms with E-state index in [0.717, 1.165) is 6.42 Å². The monoisotopic (exact) mass is 224 g/mol. The highest BCUT2D eigenvalue weighted by atomic mass is 16.5. The molecule has 0 saturated carbocycles. The summed E-state index contributed by atoms with van der Waals surface area (Å²) in [6.45, 7) is 0. The summed E-state index contributed by atoms with van der Waals surface area (Å²) in [5.74, 6) is -1.41. The Kier molecular flexibility index (Phi) is 2.64. The lowest BCUT2D eigenvalue weighted by Crippen LogP contribution is -2.26. The zero-order valence-electron chi connectivity index (χ0n) is 8.84. The van der Waals surface area contributed by atoms with Crippen LogP contribution in [0.4, 0.5) is 0 Å². The highest BCUT2D eigenvalue weighted by Gasteiger charge is 2.30. The number of carboxylic acid groups (broad SMARTS) is 1. The average Bonchev–Trinajstić information content (AvgIpc) is 2.71. The highest BCUT2D eigenvalue weighted by Crippen LogP contribution is 2.27. The molecule has 1 aromatic rings. The van der Waals surface area contributed by atoms with Crippen molar-refractivity contribution < 1.29 is 19.4 Å². The normalized spacial score (nSPS) is 18.9. The van der Waals surface area contributed by atoms with Crippen LogP contribution in [-0.4, -0.2) is 33.7 Å². The minimum Gasteiger partial charge on any atom is -0.476 e. The third kappa shape index (κ3) is 1.56. The number of rotatable bonds is 2. The molecule has 1 aliphatic heterocycles. The fourth-order valence-corrected chi connectivity index (χ4v) is 2.05. The Morgan fingerprint density at radius 2 is 2.38 bits per heavy atom. The van der Waals surface area contributed by atoms with Crippen LogP contribution in [0.2, 0.25) is 0 Å². The number of carbonyl (C=O) groups excluding carboxylic acids is 1. The van der Waals surface area contributed by atoms with E-state index in [4.69, 9.17) is 5.11 Å². The zero-order valence-corrected chi connectivity index (χ0v) is 8.84. The second-order valence-corrected chi connectivity index (χ2v) is 3.68. The Hall–Kier alpha value is -1.85. The molecule has 0 aliphatic carbocycles. The summed E-state index contributed by atoms with van der Waals surface area (Å²) in [4.78, 5) is 26.2. The van der Waals surface area contributed by atoms with Crippen LogP contribution in [-0.2, 0) is 16.0 Å². The maximum atomic E-state index is 11.5. The van der Waals surface area contributed by atoms with E-state index in [-0.39, 0.29) is 11.7 Å². The molecule has 6 heteroatoms. The highest BCUT2D eigenvalue weighted by molar-refractivity contribution is 5.87. The first kappa shape index (κ1) is 10.7. The second-order valence-electron chi connectivity index (χ2n) is 3.68. The van der Waals surface area contributed by atoms with E-state index in [0.29, 0.717) is 18.5 Å². The van der Waals surface area contributed by atoms with Gasteiger partial charge in [-0.25, -0.2) is 14.6 Å². The summed E-state index contributed by atoms with van der Waals surface area (Å²) < 4.78 is 6.29. The molecule has 6 nitrogen and oxygen atoms in total. The van der Waals surface area contributed by atoms with E-state index >= 15 is 0 Å². The van der Waals surface area contributed by atoms with Gasteiger partial charge in [-0.2, -0.15) is 0 Å². The van der Waals surface area contributed by atoms with Crippen molar-refractivity contribution in [1.29, 1.82) is 0 Å². The molecule has 0 fully saturated rings. The fraction of sp³-hybridized carbons (Fsp3) is 0.500. The number of methoxy groups -OCH3 is 1. The predicted octanol–water partition coefficient (Wildman–Crippen LogP) is 0.632. The molecule has 16 heavy (non-hydrogen) atoms. The summed E-state index contributed by atoms with van der Waals surface area (Å²) in [6, 6.07) is -0.436. The predicted molar refractivity (Wildman–Crippen MR) is 53.2 cm³/mol. The van der Waals surface area contributed by atoms with Crippen molar-refractivity contribution in [1.82, 2.24) is 9.55 Å². The van der Waals surface area contributed by atoms with E-state index in [1.807, 2.05) is 0 Å². The maximum Gasteiger partial charge on any atom is 0.356 e. The fourth-order valence-electron chi connectivity index (χ4n) is 2.05. The van der Waals surface area contributed by atoms with Gasteiger partial charge < -0.3 is 14.4 Å². The van der Waals surface area contributed by atoms with Crippen molar-refractivity contribution in [3.8, 4) is 0 Å². The average molecular weight is 224 g/mol. The van der Waals surface area contributed by atoms with Gasteiger partial charge in [0, 0.05) is 0 Å². The summed E-state index contributed by atoms with van der Waals surface area (Å²) in [7, 11) is 1.33. The Balaban J connectivity index is 2.41. The number of nitrogens with zero attached hydrogens (tertiary/aromatic N) is 2. The SMILES string of the molecule is COC(=O)C1CCCc2c(C(=O)O)ncn21. The summed E-state index contributed by atoms with van der Waals surface area (Å²) in [6.07, 6.45) is 3.47. The minimum atomic E-state index is -1.06. The van der Waals surface area contributed by atoms with Crippen LogP contribution in [0, 0.1) is 0 Å². The van der Waals surface area contributed by atoms with Gasteiger partial charge in [0.1, 0.15) is 6.04 Å². The molecule has 1 atom stereocenters. The third-order valence-electron chi connectivity index (χ3n) is 2.80. The Morgan fingerprint density at radius 1 is 1.62 bits per heavy atom. The number of imidazole rings is 1. The van der Waals surface area contributed by atoms with Crippen LogP contribution >= 0.6 is 0 Å². The second kappa shape index (κ2) is 3.96. The quantitative estimate of drug-likeness (QED) is 0.745. The third-order valence-corrected chi connectivity index (χ3v) is 2.80. The molecule has 2 heterocycles. The molecule has 0 spiro atoms. The molecule has 0 aromatic carbocycles. The standard InChI is InChI=1S/C10H12N2O4/c1-16-10(15)7-4-2-3-6-8(9(13)14)11-5-12(6)7/h5,7H,2-4H2,1H3,(H,13,14). The number of hydrogen-bond donors (Lipinski definition) is 1. The van der Waals surface area contributed by atoms with Gasteiger partial charge in [0.05, 0.1) is 19.1 Å². The topological polar surface area (TPSA) is 81.4 Å². The van der Waals surface area contributed by atoms with Gasteiger partial charge in [0.15, 0.2) is 5.69 Å². The maximum absolute atomic E-state index is 11.5. The molecule has 0 bridgehead atoms. The number of ether oxygens (including phenoxy) is 1. The van der Waals surface area contributed by atoms with Crippen molar-refractivity contribution >= 4 is 11.9 Å². The molecule has 1 unspecified atom stereocenters.